The number of allylic oxidation sites excluding steroid dienone is 1. The van der Waals surface area contributed by atoms with E-state index in [4.69, 9.17) is 0 Å². The van der Waals surface area contributed by atoms with Crippen LogP contribution in [0.15, 0.2) is 24.0 Å². The van der Waals surface area contributed by atoms with Gasteiger partial charge in [0.15, 0.2) is 0 Å². The summed E-state index contributed by atoms with van der Waals surface area (Å²) < 4.78 is 0. The van der Waals surface area contributed by atoms with E-state index in [0.29, 0.717) is 16.7 Å². The van der Waals surface area contributed by atoms with Gasteiger partial charge < -0.3 is 10.1 Å². The first-order valence-electron chi connectivity index (χ1n) is 10.4. The minimum atomic E-state index is -0.0976. The minimum Gasteiger partial charge on any atom is -0.393 e. The Morgan fingerprint density at radius 1 is 1.12 bits per heavy atom. The molecule has 0 aliphatic heterocycles. The Kier molecular flexibility index (Phi) is 3.51. The predicted octanol–water partition coefficient (Wildman–Crippen LogP) is 4.82. The number of hydrogen-bond donors (Lipinski definition) is 2. The summed E-state index contributed by atoms with van der Waals surface area (Å²) in [4.78, 5) is 8.05. The van der Waals surface area contributed by atoms with E-state index < -0.39 is 0 Å². The van der Waals surface area contributed by atoms with Gasteiger partial charge in [0.05, 0.1) is 6.10 Å². The van der Waals surface area contributed by atoms with E-state index in [0.717, 1.165) is 30.6 Å². The van der Waals surface area contributed by atoms with Gasteiger partial charge in [0.25, 0.3) is 0 Å². The molecule has 3 heteroatoms. The third-order valence-electron chi connectivity index (χ3n) is 8.93. The number of aliphatic hydroxyl groups is 1. The van der Waals surface area contributed by atoms with Crippen LogP contribution in [0.25, 0.3) is 0 Å². The zero-order valence-electron chi connectivity index (χ0n) is 15.7. The Bertz CT molecular complexity index is 680. The Labute approximate surface area is 151 Å². The second-order valence-electron chi connectivity index (χ2n) is 9.80. The van der Waals surface area contributed by atoms with Crippen LogP contribution in [-0.4, -0.2) is 21.2 Å². The monoisotopic (exact) mass is 340 g/mol. The first kappa shape index (κ1) is 16.1. The summed E-state index contributed by atoms with van der Waals surface area (Å²) in [5.74, 6) is 4.33. The third-order valence-corrected chi connectivity index (χ3v) is 8.93. The largest absolute Gasteiger partial charge is 0.393 e. The lowest BCUT2D eigenvalue weighted by molar-refractivity contribution is -0.0415. The highest BCUT2D eigenvalue weighted by Gasteiger charge is 2.59. The van der Waals surface area contributed by atoms with Crippen LogP contribution in [0, 0.1) is 28.6 Å². The third kappa shape index (κ3) is 2.17. The molecule has 4 aliphatic rings. The molecule has 7 atom stereocenters. The molecule has 0 amide bonds. The number of nitrogens with one attached hydrogen (secondary N) is 1. The van der Waals surface area contributed by atoms with E-state index in [9.17, 15) is 5.11 Å². The molecule has 5 rings (SSSR count). The van der Waals surface area contributed by atoms with Crippen molar-refractivity contribution in [1.29, 1.82) is 0 Å². The maximum atomic E-state index is 10.1. The molecule has 0 spiro atoms. The van der Waals surface area contributed by atoms with Crippen LogP contribution in [0.2, 0.25) is 0 Å². The molecule has 136 valence electrons. The van der Waals surface area contributed by atoms with Crippen molar-refractivity contribution in [2.24, 2.45) is 28.6 Å². The lowest BCUT2D eigenvalue weighted by Gasteiger charge is -2.57. The van der Waals surface area contributed by atoms with Gasteiger partial charge in [0.1, 0.15) is 5.82 Å². The maximum absolute atomic E-state index is 10.1. The molecule has 25 heavy (non-hydrogen) atoms. The van der Waals surface area contributed by atoms with Gasteiger partial charge in [-0.05, 0) is 80.0 Å². The molecule has 1 aromatic heterocycles. The van der Waals surface area contributed by atoms with Crippen molar-refractivity contribution in [1.82, 2.24) is 9.97 Å². The normalized spacial score (nSPS) is 49.1. The molecule has 0 radical (unpaired) electrons. The Morgan fingerprint density at radius 2 is 2.00 bits per heavy atom. The van der Waals surface area contributed by atoms with E-state index >= 15 is 0 Å². The fraction of sp³-hybridized carbons (Fsp3) is 0.773. The Hall–Kier alpha value is -1.09. The quantitative estimate of drug-likeness (QED) is 0.720. The second kappa shape index (κ2) is 5.45. The van der Waals surface area contributed by atoms with Crippen molar-refractivity contribution in [3.8, 4) is 0 Å². The van der Waals surface area contributed by atoms with Gasteiger partial charge in [0.2, 0.25) is 0 Å². The molecule has 0 bridgehead atoms. The average Bonchev–Trinajstić information content (AvgIpc) is 3.22. The number of imidazole rings is 1. The molecule has 3 saturated carbocycles. The summed E-state index contributed by atoms with van der Waals surface area (Å²) in [6, 6.07) is 0. The lowest BCUT2D eigenvalue weighted by Crippen LogP contribution is -2.50. The van der Waals surface area contributed by atoms with Crippen molar-refractivity contribution in [2.45, 2.75) is 77.2 Å². The molecular formula is C22H32N2O. The summed E-state index contributed by atoms with van der Waals surface area (Å²) in [7, 11) is 0. The van der Waals surface area contributed by atoms with Crippen LogP contribution in [0.1, 0.15) is 77.0 Å². The number of aromatic amines is 1. The molecule has 3 nitrogen and oxygen atoms in total. The van der Waals surface area contributed by atoms with E-state index in [1.54, 1.807) is 5.57 Å². The van der Waals surface area contributed by atoms with Gasteiger partial charge in [-0.1, -0.05) is 25.5 Å². The highest BCUT2D eigenvalue weighted by Crippen LogP contribution is 2.67. The smallest absolute Gasteiger partial charge is 0.109 e. The molecule has 3 fully saturated rings. The summed E-state index contributed by atoms with van der Waals surface area (Å²) in [6.45, 7) is 5.07. The molecule has 0 aromatic carbocycles. The summed E-state index contributed by atoms with van der Waals surface area (Å²) in [5.41, 5.74) is 2.35. The Balaban J connectivity index is 1.47. The minimum absolute atomic E-state index is 0.0976. The molecule has 5 unspecified atom stereocenters. The number of fused-ring (bicyclic) bond motifs is 5. The number of hydrogen-bond acceptors (Lipinski definition) is 2. The summed E-state index contributed by atoms with van der Waals surface area (Å²) in [6.07, 6.45) is 16.1. The van der Waals surface area contributed by atoms with E-state index in [2.05, 4.69) is 29.9 Å². The van der Waals surface area contributed by atoms with Gasteiger partial charge in [-0.3, -0.25) is 0 Å². The molecule has 1 heterocycles. The van der Waals surface area contributed by atoms with Crippen molar-refractivity contribution >= 4 is 0 Å². The average molecular weight is 341 g/mol. The number of aliphatic hydroxyl groups excluding tert-OH is 1. The zero-order valence-corrected chi connectivity index (χ0v) is 15.7. The molecular weight excluding hydrogens is 308 g/mol. The summed E-state index contributed by atoms with van der Waals surface area (Å²) in [5, 5.41) is 10.1. The van der Waals surface area contributed by atoms with Crippen LogP contribution >= 0.6 is 0 Å². The van der Waals surface area contributed by atoms with Crippen LogP contribution in [-0.2, 0) is 0 Å². The fourth-order valence-corrected chi connectivity index (χ4v) is 7.56. The van der Waals surface area contributed by atoms with E-state index in [1.807, 2.05) is 12.4 Å². The zero-order chi connectivity index (χ0) is 17.2. The van der Waals surface area contributed by atoms with Crippen LogP contribution in [0.4, 0.5) is 0 Å². The number of rotatable bonds is 1. The van der Waals surface area contributed by atoms with E-state index in [-0.39, 0.29) is 6.10 Å². The van der Waals surface area contributed by atoms with Crippen molar-refractivity contribution in [3.05, 3.63) is 29.9 Å². The second-order valence-corrected chi connectivity index (χ2v) is 9.80. The highest BCUT2D eigenvalue weighted by atomic mass is 16.3. The molecule has 2 N–H and O–H groups in total. The highest BCUT2D eigenvalue weighted by molar-refractivity contribution is 5.26. The first-order valence-corrected chi connectivity index (χ1v) is 10.4. The van der Waals surface area contributed by atoms with Crippen molar-refractivity contribution in [2.75, 3.05) is 0 Å². The van der Waals surface area contributed by atoms with Gasteiger partial charge in [-0.25, -0.2) is 4.98 Å². The number of nitrogens with zero attached hydrogens (tertiary/aromatic N) is 1. The van der Waals surface area contributed by atoms with Crippen molar-refractivity contribution < 1.29 is 5.11 Å². The van der Waals surface area contributed by atoms with Crippen LogP contribution in [0.5, 0.6) is 0 Å². The standard InChI is InChI=1S/C22H32N2O/c1-21-9-7-15(25)13-14(21)3-4-16-17-5-6-19(20-23-11-12-24-20)22(17,2)10-8-18(16)21/h3,11-12,15-19,25H,4-10,13H2,1-2H3,(H,23,24)/t15?,16?,17?,18?,19?,21-,22-/m0/s1. The fourth-order valence-electron chi connectivity index (χ4n) is 7.56. The van der Waals surface area contributed by atoms with Gasteiger partial charge in [-0.2, -0.15) is 0 Å². The topological polar surface area (TPSA) is 48.9 Å². The van der Waals surface area contributed by atoms with Gasteiger partial charge in [0, 0.05) is 18.3 Å². The first-order chi connectivity index (χ1) is 12.0. The van der Waals surface area contributed by atoms with Gasteiger partial charge >= 0.3 is 0 Å². The number of H-pyrrole nitrogens is 1. The maximum Gasteiger partial charge on any atom is 0.109 e. The lowest BCUT2D eigenvalue weighted by atomic mass is 9.47. The Morgan fingerprint density at radius 3 is 2.80 bits per heavy atom. The molecule has 1 aromatic rings. The molecule has 4 aliphatic carbocycles. The van der Waals surface area contributed by atoms with Gasteiger partial charge in [-0.15, -0.1) is 0 Å². The van der Waals surface area contributed by atoms with Crippen molar-refractivity contribution in [3.63, 3.8) is 0 Å². The molecule has 0 saturated heterocycles. The number of aromatic nitrogens is 2. The summed E-state index contributed by atoms with van der Waals surface area (Å²) >= 11 is 0. The predicted molar refractivity (Wildman–Crippen MR) is 99.0 cm³/mol. The van der Waals surface area contributed by atoms with Crippen LogP contribution in [0.3, 0.4) is 0 Å². The SMILES string of the molecule is C[C@]12CCC3C(CC=C4CC(O)CC[C@@]43C)C1CCC2c1ncc[nH]1. The van der Waals surface area contributed by atoms with E-state index in [1.165, 1.54) is 44.3 Å². The van der Waals surface area contributed by atoms with Crippen LogP contribution < -0.4 is 0 Å².